The van der Waals surface area contributed by atoms with E-state index in [-0.39, 0.29) is 18.3 Å². The molecule has 8 heteroatoms. The summed E-state index contributed by atoms with van der Waals surface area (Å²) in [6.45, 7) is 3.89. The zero-order valence-electron chi connectivity index (χ0n) is 11.3. The highest BCUT2D eigenvalue weighted by molar-refractivity contribution is 7.92. The molecule has 0 radical (unpaired) electrons. The van der Waals surface area contributed by atoms with E-state index in [2.05, 4.69) is 10.5 Å². The van der Waals surface area contributed by atoms with E-state index in [4.69, 9.17) is 4.52 Å². The van der Waals surface area contributed by atoms with Gasteiger partial charge in [0.05, 0.1) is 6.26 Å². The summed E-state index contributed by atoms with van der Waals surface area (Å²) in [5, 5.41) is 6.28. The summed E-state index contributed by atoms with van der Waals surface area (Å²) in [5.41, 5.74) is 0. The van der Waals surface area contributed by atoms with Gasteiger partial charge in [0.1, 0.15) is 12.3 Å². The number of sulfonamides is 1. The minimum atomic E-state index is -3.58. The number of nitrogens with zero attached hydrogens (tertiary/aromatic N) is 2. The molecule has 19 heavy (non-hydrogen) atoms. The molecule has 1 rings (SSSR count). The molecule has 1 amide bonds. The molecule has 1 N–H and O–H groups in total. The number of amides is 1. The minimum Gasteiger partial charge on any atom is -0.360 e. The monoisotopic (exact) mass is 289 g/mol. The van der Waals surface area contributed by atoms with Gasteiger partial charge in [0.15, 0.2) is 5.82 Å². The summed E-state index contributed by atoms with van der Waals surface area (Å²) < 4.78 is 29.1. The molecule has 7 nitrogen and oxygen atoms in total. The Morgan fingerprint density at radius 3 is 2.68 bits per heavy atom. The number of aromatic nitrogens is 1. The average Bonchev–Trinajstić information content (AvgIpc) is 2.71. The average molecular weight is 289 g/mol. The first kappa shape index (κ1) is 15.5. The van der Waals surface area contributed by atoms with Crippen molar-refractivity contribution in [2.24, 2.45) is 0 Å². The molecule has 108 valence electrons. The number of nitrogens with one attached hydrogen (secondary N) is 1. The number of rotatable bonds is 7. The molecular weight excluding hydrogens is 270 g/mol. The van der Waals surface area contributed by atoms with Gasteiger partial charge < -0.3 is 9.84 Å². The van der Waals surface area contributed by atoms with Gasteiger partial charge in [-0.05, 0) is 13.3 Å². The summed E-state index contributed by atoms with van der Waals surface area (Å²) in [5.74, 6) is 0.236. The Morgan fingerprint density at radius 2 is 2.21 bits per heavy atom. The summed E-state index contributed by atoms with van der Waals surface area (Å²) in [7, 11) is -3.58. The van der Waals surface area contributed by atoms with Crippen LogP contribution >= 0.6 is 0 Å². The standard InChI is InChI=1S/C11H19N3O4S/c1-4-5-6-12-11(15)8-14(19(3,16)17)10-7-9(2)18-13-10/h7H,4-6,8H2,1-3H3,(H,12,15). The van der Waals surface area contributed by atoms with Crippen LogP contribution in [-0.2, 0) is 14.8 Å². The first-order valence-electron chi connectivity index (χ1n) is 6.02. The van der Waals surface area contributed by atoms with Crippen molar-refractivity contribution in [1.29, 1.82) is 0 Å². The SMILES string of the molecule is CCCCNC(=O)CN(c1cc(C)on1)S(C)(=O)=O. The Balaban J connectivity index is 2.75. The van der Waals surface area contributed by atoms with Crippen molar-refractivity contribution < 1.29 is 17.7 Å². The lowest BCUT2D eigenvalue weighted by Gasteiger charge is -2.18. The van der Waals surface area contributed by atoms with Crippen LogP contribution in [0.1, 0.15) is 25.5 Å². The normalized spacial score (nSPS) is 11.3. The highest BCUT2D eigenvalue weighted by atomic mass is 32.2. The third kappa shape index (κ3) is 4.90. The second-order valence-electron chi connectivity index (χ2n) is 4.27. The van der Waals surface area contributed by atoms with E-state index >= 15 is 0 Å². The van der Waals surface area contributed by atoms with Crippen LogP contribution in [0.15, 0.2) is 10.6 Å². The second kappa shape index (κ2) is 6.55. The summed E-state index contributed by atoms with van der Waals surface area (Å²) in [6.07, 6.45) is 2.84. The van der Waals surface area contributed by atoms with Crippen LogP contribution in [0.3, 0.4) is 0 Å². The third-order valence-corrected chi connectivity index (χ3v) is 3.53. The Labute approximate surface area is 113 Å². The van der Waals surface area contributed by atoms with E-state index in [1.807, 2.05) is 6.92 Å². The molecule has 0 aliphatic carbocycles. The van der Waals surface area contributed by atoms with Crippen LogP contribution in [0.25, 0.3) is 0 Å². The molecule has 0 saturated heterocycles. The van der Waals surface area contributed by atoms with Crippen LogP contribution in [0.4, 0.5) is 5.82 Å². The molecule has 0 fully saturated rings. The van der Waals surface area contributed by atoms with Gasteiger partial charge in [0, 0.05) is 12.6 Å². The van der Waals surface area contributed by atoms with Crippen molar-refractivity contribution in [3.05, 3.63) is 11.8 Å². The molecule has 0 bridgehead atoms. The van der Waals surface area contributed by atoms with Gasteiger partial charge in [-0.1, -0.05) is 18.5 Å². The lowest BCUT2D eigenvalue weighted by Crippen LogP contribution is -2.40. The van der Waals surface area contributed by atoms with E-state index in [1.165, 1.54) is 6.07 Å². The van der Waals surface area contributed by atoms with E-state index in [0.717, 1.165) is 23.4 Å². The van der Waals surface area contributed by atoms with Crippen molar-refractivity contribution in [3.63, 3.8) is 0 Å². The van der Waals surface area contributed by atoms with E-state index in [1.54, 1.807) is 6.92 Å². The first-order chi connectivity index (χ1) is 8.84. The van der Waals surface area contributed by atoms with Gasteiger partial charge in [-0.2, -0.15) is 0 Å². The number of hydrogen-bond donors (Lipinski definition) is 1. The molecular formula is C11H19N3O4S. The Kier molecular flexibility index (Phi) is 5.34. The molecule has 1 aromatic heterocycles. The number of aryl methyl sites for hydroxylation is 1. The predicted octanol–water partition coefficient (Wildman–Crippen LogP) is 0.665. The molecule has 0 aliphatic heterocycles. The molecule has 0 aliphatic rings. The Hall–Kier alpha value is -1.57. The predicted molar refractivity (Wildman–Crippen MR) is 71.3 cm³/mol. The van der Waals surface area contributed by atoms with Crippen LogP contribution in [0, 0.1) is 6.92 Å². The maximum absolute atomic E-state index is 11.7. The van der Waals surface area contributed by atoms with E-state index in [0.29, 0.717) is 12.3 Å². The highest BCUT2D eigenvalue weighted by Gasteiger charge is 2.23. The topological polar surface area (TPSA) is 92.5 Å². The quantitative estimate of drug-likeness (QED) is 0.745. The summed E-state index contributed by atoms with van der Waals surface area (Å²) in [4.78, 5) is 11.7. The fourth-order valence-electron chi connectivity index (χ4n) is 1.43. The summed E-state index contributed by atoms with van der Waals surface area (Å²) in [6, 6.07) is 1.47. The fraction of sp³-hybridized carbons (Fsp3) is 0.636. The first-order valence-corrected chi connectivity index (χ1v) is 7.87. The Morgan fingerprint density at radius 1 is 1.53 bits per heavy atom. The van der Waals surface area contributed by atoms with Gasteiger partial charge in [0.25, 0.3) is 0 Å². The fourth-order valence-corrected chi connectivity index (χ4v) is 2.21. The molecule has 1 heterocycles. The van der Waals surface area contributed by atoms with Crippen molar-refractivity contribution in [2.75, 3.05) is 23.7 Å². The van der Waals surface area contributed by atoms with Crippen molar-refractivity contribution in [3.8, 4) is 0 Å². The smallest absolute Gasteiger partial charge is 0.240 e. The molecule has 0 saturated carbocycles. The van der Waals surface area contributed by atoms with Gasteiger partial charge in [-0.15, -0.1) is 0 Å². The van der Waals surface area contributed by atoms with Crippen LogP contribution < -0.4 is 9.62 Å². The molecule has 1 aromatic rings. The van der Waals surface area contributed by atoms with Crippen molar-refractivity contribution >= 4 is 21.7 Å². The summed E-state index contributed by atoms with van der Waals surface area (Å²) >= 11 is 0. The number of carbonyl (C=O) groups is 1. The van der Waals surface area contributed by atoms with Crippen LogP contribution in [-0.4, -0.2) is 38.8 Å². The van der Waals surface area contributed by atoms with Crippen molar-refractivity contribution in [2.45, 2.75) is 26.7 Å². The zero-order valence-corrected chi connectivity index (χ0v) is 12.2. The number of hydrogen-bond acceptors (Lipinski definition) is 5. The van der Waals surface area contributed by atoms with Crippen LogP contribution in [0.5, 0.6) is 0 Å². The highest BCUT2D eigenvalue weighted by Crippen LogP contribution is 2.16. The van der Waals surface area contributed by atoms with Gasteiger partial charge in [0.2, 0.25) is 15.9 Å². The lowest BCUT2D eigenvalue weighted by atomic mass is 10.3. The maximum Gasteiger partial charge on any atom is 0.240 e. The largest absolute Gasteiger partial charge is 0.360 e. The van der Waals surface area contributed by atoms with Crippen LogP contribution in [0.2, 0.25) is 0 Å². The third-order valence-electron chi connectivity index (χ3n) is 2.41. The number of carbonyl (C=O) groups excluding carboxylic acids is 1. The lowest BCUT2D eigenvalue weighted by molar-refractivity contribution is -0.119. The van der Waals surface area contributed by atoms with E-state index < -0.39 is 10.0 Å². The second-order valence-corrected chi connectivity index (χ2v) is 6.18. The van der Waals surface area contributed by atoms with Gasteiger partial charge in [-0.3, -0.25) is 4.79 Å². The molecule has 0 aromatic carbocycles. The molecule has 0 unspecified atom stereocenters. The number of unbranched alkanes of at least 4 members (excludes halogenated alkanes) is 1. The van der Waals surface area contributed by atoms with Gasteiger partial charge >= 0.3 is 0 Å². The van der Waals surface area contributed by atoms with Crippen molar-refractivity contribution in [1.82, 2.24) is 10.5 Å². The van der Waals surface area contributed by atoms with E-state index in [9.17, 15) is 13.2 Å². The zero-order chi connectivity index (χ0) is 14.5. The Bertz CT molecular complexity index is 524. The maximum atomic E-state index is 11.7. The molecule has 0 spiro atoms. The number of anilines is 1. The molecule has 0 atom stereocenters. The van der Waals surface area contributed by atoms with Gasteiger partial charge in [-0.25, -0.2) is 12.7 Å². The minimum absolute atomic E-state index is 0.116.